The summed E-state index contributed by atoms with van der Waals surface area (Å²) < 4.78 is 10.2. The van der Waals surface area contributed by atoms with Gasteiger partial charge in [-0.1, -0.05) is 22.8 Å². The lowest BCUT2D eigenvalue weighted by molar-refractivity contribution is 0.406. The third-order valence-electron chi connectivity index (χ3n) is 2.02. The maximum absolute atomic E-state index is 6.05. The first-order valence-electron chi connectivity index (χ1n) is 4.27. The number of nitrogens with two attached hydrogens (primary N) is 1. The van der Waals surface area contributed by atoms with Crippen molar-refractivity contribution in [1.29, 1.82) is 0 Å². The van der Waals surface area contributed by atoms with Crippen LogP contribution in [-0.2, 0) is 0 Å². The van der Waals surface area contributed by atoms with E-state index in [0.29, 0.717) is 27.8 Å². The molecule has 0 amide bonds. The highest BCUT2D eigenvalue weighted by Crippen LogP contribution is 2.38. The summed E-state index contributed by atoms with van der Waals surface area (Å²) in [7, 11) is 1.56. The highest BCUT2D eigenvalue weighted by molar-refractivity contribution is 6.33. The number of methoxy groups -OCH3 is 1. The Kier molecular flexibility index (Phi) is 2.51. The van der Waals surface area contributed by atoms with E-state index in [9.17, 15) is 0 Å². The molecule has 1 heterocycles. The third-order valence-corrected chi connectivity index (χ3v) is 2.34. The van der Waals surface area contributed by atoms with Gasteiger partial charge in [0.1, 0.15) is 11.4 Å². The number of hydrogen-bond donors (Lipinski definition) is 1. The van der Waals surface area contributed by atoms with Crippen molar-refractivity contribution < 1.29 is 9.26 Å². The summed E-state index contributed by atoms with van der Waals surface area (Å²) in [6.07, 6.45) is 1.43. The van der Waals surface area contributed by atoms with Crippen molar-refractivity contribution in [3.8, 4) is 17.1 Å². The van der Waals surface area contributed by atoms with Gasteiger partial charge in [-0.25, -0.2) is 0 Å². The van der Waals surface area contributed by atoms with E-state index in [0.717, 1.165) is 0 Å². The zero-order valence-electron chi connectivity index (χ0n) is 8.03. The molecule has 2 rings (SSSR count). The molecule has 0 saturated heterocycles. The van der Waals surface area contributed by atoms with Crippen LogP contribution < -0.4 is 10.5 Å². The number of hydrogen-bond acceptors (Lipinski definition) is 4. The van der Waals surface area contributed by atoms with Crippen molar-refractivity contribution in [2.24, 2.45) is 0 Å². The topological polar surface area (TPSA) is 61.3 Å². The quantitative estimate of drug-likeness (QED) is 0.852. The van der Waals surface area contributed by atoms with Crippen molar-refractivity contribution in [2.45, 2.75) is 0 Å². The predicted octanol–water partition coefficient (Wildman–Crippen LogP) is 2.59. The molecule has 15 heavy (non-hydrogen) atoms. The maximum atomic E-state index is 6.05. The summed E-state index contributed by atoms with van der Waals surface area (Å²) in [5.74, 6) is 1.03. The number of nitrogens with zero attached hydrogens (tertiary/aromatic N) is 1. The van der Waals surface area contributed by atoms with Gasteiger partial charge in [-0.3, -0.25) is 0 Å². The van der Waals surface area contributed by atoms with Gasteiger partial charge in [-0.15, -0.1) is 0 Å². The van der Waals surface area contributed by atoms with E-state index in [2.05, 4.69) is 5.16 Å². The molecule has 0 radical (unpaired) electrons. The number of benzene rings is 1. The highest BCUT2D eigenvalue weighted by Gasteiger charge is 2.16. The summed E-state index contributed by atoms with van der Waals surface area (Å²) >= 11 is 6.05. The fourth-order valence-electron chi connectivity index (χ4n) is 1.33. The van der Waals surface area contributed by atoms with Crippen molar-refractivity contribution in [3.63, 3.8) is 0 Å². The summed E-state index contributed by atoms with van der Waals surface area (Å²) in [6.45, 7) is 0. The Morgan fingerprint density at radius 2 is 2.27 bits per heavy atom. The Morgan fingerprint density at radius 3 is 2.87 bits per heavy atom. The largest absolute Gasteiger partial charge is 0.496 e. The van der Waals surface area contributed by atoms with Crippen LogP contribution in [0.2, 0.25) is 5.02 Å². The second-order valence-electron chi connectivity index (χ2n) is 2.93. The van der Waals surface area contributed by atoms with Gasteiger partial charge in [0.2, 0.25) is 0 Å². The normalized spacial score (nSPS) is 10.3. The Hall–Kier alpha value is -1.68. The molecule has 0 unspecified atom stereocenters. The Labute approximate surface area is 91.6 Å². The molecule has 0 bridgehead atoms. The van der Waals surface area contributed by atoms with E-state index < -0.39 is 0 Å². The van der Waals surface area contributed by atoms with Gasteiger partial charge in [0, 0.05) is 0 Å². The minimum atomic E-state index is 0.428. The van der Waals surface area contributed by atoms with Gasteiger partial charge in [-0.2, -0.15) is 0 Å². The standard InChI is InChI=1S/C10H9ClN2O2/c1-14-8-4-2-3-6(11)9(8)10-7(12)5-13-15-10/h2-5H,12H2,1H3. The molecular formula is C10H9ClN2O2. The average molecular weight is 225 g/mol. The molecule has 1 aromatic heterocycles. The van der Waals surface area contributed by atoms with E-state index in [1.807, 2.05) is 0 Å². The Bertz CT molecular complexity index is 482. The molecule has 0 aliphatic heterocycles. The third kappa shape index (κ3) is 1.64. The molecule has 4 nitrogen and oxygen atoms in total. The number of anilines is 1. The predicted molar refractivity (Wildman–Crippen MR) is 57.9 cm³/mol. The van der Waals surface area contributed by atoms with Crippen LogP contribution in [0.3, 0.4) is 0 Å². The van der Waals surface area contributed by atoms with Gasteiger partial charge in [0.05, 0.1) is 23.9 Å². The Balaban J connectivity index is 2.66. The summed E-state index contributed by atoms with van der Waals surface area (Å²) in [6, 6.07) is 5.31. The zero-order chi connectivity index (χ0) is 10.8. The van der Waals surface area contributed by atoms with Gasteiger partial charge >= 0.3 is 0 Å². The summed E-state index contributed by atoms with van der Waals surface area (Å²) in [5, 5.41) is 4.11. The first kappa shape index (κ1) is 9.86. The van der Waals surface area contributed by atoms with Crippen LogP contribution in [0.4, 0.5) is 5.69 Å². The van der Waals surface area contributed by atoms with E-state index in [-0.39, 0.29) is 0 Å². The highest BCUT2D eigenvalue weighted by atomic mass is 35.5. The summed E-state index contributed by atoms with van der Waals surface area (Å²) in [5.41, 5.74) is 6.75. The lowest BCUT2D eigenvalue weighted by Gasteiger charge is -2.07. The van der Waals surface area contributed by atoms with E-state index in [1.165, 1.54) is 6.20 Å². The fraction of sp³-hybridized carbons (Fsp3) is 0.100. The SMILES string of the molecule is COc1cccc(Cl)c1-c1oncc1N. The molecule has 2 aromatic rings. The van der Waals surface area contributed by atoms with E-state index in [4.69, 9.17) is 26.6 Å². The average Bonchev–Trinajstić information content (AvgIpc) is 2.64. The van der Waals surface area contributed by atoms with Gasteiger partial charge in [0.25, 0.3) is 0 Å². The molecule has 2 N–H and O–H groups in total. The molecule has 78 valence electrons. The molecule has 1 aromatic carbocycles. The number of halogens is 1. The number of aromatic nitrogens is 1. The smallest absolute Gasteiger partial charge is 0.194 e. The van der Waals surface area contributed by atoms with Crippen LogP contribution in [-0.4, -0.2) is 12.3 Å². The zero-order valence-corrected chi connectivity index (χ0v) is 8.78. The van der Waals surface area contributed by atoms with Crippen molar-refractivity contribution in [3.05, 3.63) is 29.4 Å². The number of nitrogen functional groups attached to an aromatic ring is 1. The first-order chi connectivity index (χ1) is 7.24. The molecular weight excluding hydrogens is 216 g/mol. The van der Waals surface area contributed by atoms with Crippen LogP contribution in [0, 0.1) is 0 Å². The van der Waals surface area contributed by atoms with Gasteiger partial charge in [0.15, 0.2) is 5.76 Å². The van der Waals surface area contributed by atoms with Crippen molar-refractivity contribution in [1.82, 2.24) is 5.16 Å². The summed E-state index contributed by atoms with van der Waals surface area (Å²) in [4.78, 5) is 0. The van der Waals surface area contributed by atoms with E-state index in [1.54, 1.807) is 25.3 Å². The molecule has 0 saturated carbocycles. The number of ether oxygens (including phenoxy) is 1. The monoisotopic (exact) mass is 224 g/mol. The minimum absolute atomic E-state index is 0.428. The maximum Gasteiger partial charge on any atom is 0.194 e. The molecule has 0 aliphatic rings. The van der Waals surface area contributed by atoms with Crippen LogP contribution in [0.5, 0.6) is 5.75 Å². The minimum Gasteiger partial charge on any atom is -0.496 e. The van der Waals surface area contributed by atoms with Crippen LogP contribution in [0.1, 0.15) is 0 Å². The number of rotatable bonds is 2. The Morgan fingerprint density at radius 1 is 1.47 bits per heavy atom. The van der Waals surface area contributed by atoms with Crippen molar-refractivity contribution >= 4 is 17.3 Å². The second-order valence-corrected chi connectivity index (χ2v) is 3.33. The molecule has 0 aliphatic carbocycles. The first-order valence-corrected chi connectivity index (χ1v) is 4.65. The molecule has 5 heteroatoms. The van der Waals surface area contributed by atoms with Crippen LogP contribution >= 0.6 is 11.6 Å². The molecule has 0 spiro atoms. The van der Waals surface area contributed by atoms with Crippen LogP contribution in [0.15, 0.2) is 28.9 Å². The lowest BCUT2D eigenvalue weighted by Crippen LogP contribution is -1.90. The molecule has 0 atom stereocenters. The van der Waals surface area contributed by atoms with Gasteiger partial charge < -0.3 is 15.0 Å². The fourth-order valence-corrected chi connectivity index (χ4v) is 1.58. The van der Waals surface area contributed by atoms with E-state index >= 15 is 0 Å². The van der Waals surface area contributed by atoms with Gasteiger partial charge in [-0.05, 0) is 12.1 Å². The van der Waals surface area contributed by atoms with Crippen LogP contribution in [0.25, 0.3) is 11.3 Å². The van der Waals surface area contributed by atoms with Crippen molar-refractivity contribution in [2.75, 3.05) is 12.8 Å². The molecule has 0 fully saturated rings. The lowest BCUT2D eigenvalue weighted by atomic mass is 10.1. The second kappa shape index (κ2) is 3.82.